The molecule has 5 heteroatoms. The number of amides is 1. The zero-order valence-electron chi connectivity index (χ0n) is 7.06. The number of carbonyl (C=O) groups is 1. The van der Waals surface area contributed by atoms with Crippen LogP contribution in [-0.2, 0) is 16.2 Å². The van der Waals surface area contributed by atoms with E-state index < -0.39 is 5.91 Å². The van der Waals surface area contributed by atoms with Crippen LogP contribution >= 0.6 is 0 Å². The van der Waals surface area contributed by atoms with Gasteiger partial charge in [-0.15, -0.1) is 0 Å². The number of rotatable bonds is 5. The minimum atomic E-state index is -0.501. The first-order valence-electron chi connectivity index (χ1n) is 3.81. The monoisotopic (exact) mass is 181 g/mol. The van der Waals surface area contributed by atoms with Crippen molar-refractivity contribution in [2.75, 3.05) is 6.61 Å². The molecule has 0 spiro atoms. The molecule has 0 aliphatic heterocycles. The Labute approximate surface area is 75.9 Å². The van der Waals surface area contributed by atoms with Crippen molar-refractivity contribution in [3.8, 4) is 0 Å². The lowest BCUT2D eigenvalue weighted by Crippen LogP contribution is -2.24. The van der Waals surface area contributed by atoms with Gasteiger partial charge in [-0.3, -0.25) is 14.6 Å². The maximum absolute atomic E-state index is 10.3. The normalized spacial score (nSPS) is 9.85. The number of pyridine rings is 1. The second kappa shape index (κ2) is 5.23. The lowest BCUT2D eigenvalue weighted by molar-refractivity contribution is -0.125. The molecule has 0 fully saturated rings. The van der Waals surface area contributed by atoms with Gasteiger partial charge in [-0.2, -0.15) is 5.48 Å². The van der Waals surface area contributed by atoms with Crippen molar-refractivity contribution >= 4 is 5.91 Å². The van der Waals surface area contributed by atoms with Crippen LogP contribution in [0.4, 0.5) is 0 Å². The molecule has 0 unspecified atom stereocenters. The summed E-state index contributed by atoms with van der Waals surface area (Å²) in [5.74, 6) is -0.501. The van der Waals surface area contributed by atoms with E-state index in [9.17, 15) is 4.79 Å². The van der Waals surface area contributed by atoms with Crippen LogP contribution in [0.1, 0.15) is 5.56 Å². The SMILES string of the molecule is NC(=O)CONCc1cccnc1. The number of carbonyl (C=O) groups excluding carboxylic acids is 1. The molecule has 0 radical (unpaired) electrons. The first kappa shape index (κ1) is 9.63. The molecule has 1 aromatic rings. The van der Waals surface area contributed by atoms with Crippen LogP contribution in [0.25, 0.3) is 0 Å². The Morgan fingerprint density at radius 1 is 1.69 bits per heavy atom. The second-order valence-corrected chi connectivity index (χ2v) is 2.44. The summed E-state index contributed by atoms with van der Waals surface area (Å²) in [4.78, 5) is 18.9. The minimum absolute atomic E-state index is 0.125. The summed E-state index contributed by atoms with van der Waals surface area (Å²) in [5, 5.41) is 0. The van der Waals surface area contributed by atoms with E-state index in [0.29, 0.717) is 6.54 Å². The predicted molar refractivity (Wildman–Crippen MR) is 46.2 cm³/mol. The maximum atomic E-state index is 10.3. The van der Waals surface area contributed by atoms with E-state index in [1.807, 2.05) is 12.1 Å². The van der Waals surface area contributed by atoms with E-state index >= 15 is 0 Å². The zero-order chi connectivity index (χ0) is 9.52. The summed E-state index contributed by atoms with van der Waals surface area (Å²) in [7, 11) is 0. The van der Waals surface area contributed by atoms with Crippen LogP contribution in [-0.4, -0.2) is 17.5 Å². The molecule has 0 saturated carbocycles. The smallest absolute Gasteiger partial charge is 0.245 e. The van der Waals surface area contributed by atoms with Gasteiger partial charge in [0.2, 0.25) is 5.91 Å². The highest BCUT2D eigenvalue weighted by molar-refractivity contribution is 5.74. The Morgan fingerprint density at radius 3 is 3.15 bits per heavy atom. The first-order chi connectivity index (χ1) is 6.29. The Balaban J connectivity index is 2.17. The highest BCUT2D eigenvalue weighted by Gasteiger charge is 1.94. The second-order valence-electron chi connectivity index (χ2n) is 2.44. The van der Waals surface area contributed by atoms with Gasteiger partial charge in [0.15, 0.2) is 0 Å². The number of nitrogens with one attached hydrogen (secondary N) is 1. The van der Waals surface area contributed by atoms with Gasteiger partial charge in [0.25, 0.3) is 0 Å². The van der Waals surface area contributed by atoms with E-state index in [1.54, 1.807) is 12.4 Å². The summed E-state index contributed by atoms with van der Waals surface area (Å²) in [6.45, 7) is 0.376. The van der Waals surface area contributed by atoms with Gasteiger partial charge in [-0.25, -0.2) is 0 Å². The number of nitrogens with zero attached hydrogens (tertiary/aromatic N) is 1. The Bertz CT molecular complexity index is 263. The molecule has 0 aliphatic rings. The summed E-state index contributed by atoms with van der Waals surface area (Å²) in [6.07, 6.45) is 3.40. The molecule has 1 aromatic heterocycles. The standard InChI is InChI=1S/C8H11N3O2/c9-8(12)6-13-11-5-7-2-1-3-10-4-7/h1-4,11H,5-6H2,(H2,9,12). The average Bonchev–Trinajstić information content (AvgIpc) is 2.14. The topological polar surface area (TPSA) is 77.2 Å². The molecular weight excluding hydrogens is 170 g/mol. The fourth-order valence-electron chi connectivity index (χ4n) is 0.759. The van der Waals surface area contributed by atoms with Gasteiger partial charge >= 0.3 is 0 Å². The van der Waals surface area contributed by atoms with Crippen molar-refractivity contribution < 1.29 is 9.63 Å². The highest BCUT2D eigenvalue weighted by Crippen LogP contribution is 1.93. The van der Waals surface area contributed by atoms with Gasteiger partial charge in [0.1, 0.15) is 6.61 Å². The number of aromatic nitrogens is 1. The van der Waals surface area contributed by atoms with Crippen molar-refractivity contribution in [2.24, 2.45) is 5.73 Å². The van der Waals surface area contributed by atoms with Gasteiger partial charge in [0.05, 0.1) is 0 Å². The van der Waals surface area contributed by atoms with E-state index in [1.165, 1.54) is 0 Å². The molecule has 1 amide bonds. The van der Waals surface area contributed by atoms with Gasteiger partial charge < -0.3 is 5.73 Å². The molecule has 1 rings (SSSR count). The van der Waals surface area contributed by atoms with Crippen LogP contribution in [0, 0.1) is 0 Å². The minimum Gasteiger partial charge on any atom is -0.368 e. The van der Waals surface area contributed by atoms with Crippen molar-refractivity contribution in [3.05, 3.63) is 30.1 Å². The summed E-state index contributed by atoms with van der Waals surface area (Å²) in [5.41, 5.74) is 8.43. The first-order valence-corrected chi connectivity index (χ1v) is 3.81. The van der Waals surface area contributed by atoms with Crippen molar-refractivity contribution in [2.45, 2.75) is 6.54 Å². The lowest BCUT2D eigenvalue weighted by atomic mass is 10.3. The predicted octanol–water partition coefficient (Wildman–Crippen LogP) is -0.412. The lowest BCUT2D eigenvalue weighted by Gasteiger charge is -2.02. The molecule has 70 valence electrons. The van der Waals surface area contributed by atoms with Crippen LogP contribution in [0.15, 0.2) is 24.5 Å². The summed E-state index contributed by atoms with van der Waals surface area (Å²) >= 11 is 0. The van der Waals surface area contributed by atoms with Crippen LogP contribution in [0.5, 0.6) is 0 Å². The molecule has 0 aliphatic carbocycles. The van der Waals surface area contributed by atoms with Crippen LogP contribution in [0.3, 0.4) is 0 Å². The molecule has 5 nitrogen and oxygen atoms in total. The third-order valence-corrected chi connectivity index (χ3v) is 1.32. The van der Waals surface area contributed by atoms with Crippen molar-refractivity contribution in [1.29, 1.82) is 0 Å². The highest BCUT2D eigenvalue weighted by atomic mass is 16.6. The quantitative estimate of drug-likeness (QED) is 0.478. The summed E-state index contributed by atoms with van der Waals surface area (Å²) < 4.78 is 0. The average molecular weight is 181 g/mol. The van der Waals surface area contributed by atoms with E-state index in [2.05, 4.69) is 10.5 Å². The number of primary amides is 1. The third kappa shape index (κ3) is 4.19. The molecule has 13 heavy (non-hydrogen) atoms. The number of nitrogens with two attached hydrogens (primary N) is 1. The van der Waals surface area contributed by atoms with E-state index in [-0.39, 0.29) is 6.61 Å². The molecule has 0 saturated heterocycles. The van der Waals surface area contributed by atoms with Crippen LogP contribution in [0.2, 0.25) is 0 Å². The zero-order valence-corrected chi connectivity index (χ0v) is 7.06. The Kier molecular flexibility index (Phi) is 3.87. The molecule has 1 heterocycles. The molecule has 0 aromatic carbocycles. The van der Waals surface area contributed by atoms with Gasteiger partial charge in [0, 0.05) is 18.9 Å². The third-order valence-electron chi connectivity index (χ3n) is 1.32. The van der Waals surface area contributed by atoms with Crippen molar-refractivity contribution in [1.82, 2.24) is 10.5 Å². The fourth-order valence-corrected chi connectivity index (χ4v) is 0.759. The van der Waals surface area contributed by atoms with Crippen LogP contribution < -0.4 is 11.2 Å². The molecule has 0 atom stereocenters. The maximum Gasteiger partial charge on any atom is 0.245 e. The largest absolute Gasteiger partial charge is 0.368 e. The Morgan fingerprint density at radius 2 is 2.54 bits per heavy atom. The Hall–Kier alpha value is -1.46. The van der Waals surface area contributed by atoms with Gasteiger partial charge in [-0.05, 0) is 11.6 Å². The number of hydroxylamine groups is 1. The van der Waals surface area contributed by atoms with Gasteiger partial charge in [-0.1, -0.05) is 6.07 Å². The van der Waals surface area contributed by atoms with E-state index in [0.717, 1.165) is 5.56 Å². The summed E-state index contributed by atoms with van der Waals surface area (Å²) in [6, 6.07) is 3.72. The molecular formula is C8H11N3O2. The fraction of sp³-hybridized carbons (Fsp3) is 0.250. The van der Waals surface area contributed by atoms with Crippen molar-refractivity contribution in [3.63, 3.8) is 0 Å². The molecule has 0 bridgehead atoms. The number of hydrogen-bond acceptors (Lipinski definition) is 4. The molecule has 3 N–H and O–H groups in total. The van der Waals surface area contributed by atoms with E-state index in [4.69, 9.17) is 10.6 Å². The number of hydrogen-bond donors (Lipinski definition) is 2.